The van der Waals surface area contributed by atoms with Crippen LogP contribution < -0.4 is 10.6 Å². The predicted octanol–water partition coefficient (Wildman–Crippen LogP) is 2.89. The van der Waals surface area contributed by atoms with E-state index >= 15 is 0 Å². The fourth-order valence-electron chi connectivity index (χ4n) is 2.25. The number of anilines is 2. The number of halogens is 1. The molecular formula is C15H13FN2O. The van der Waals surface area contributed by atoms with E-state index in [1.807, 2.05) is 6.07 Å². The van der Waals surface area contributed by atoms with Crippen molar-refractivity contribution in [3.8, 4) is 0 Å². The average molecular weight is 256 g/mol. The standard InChI is InChI=1S/C15H13FN2O/c16-12-6-2-1-4-10(12)15(19)11-5-3-7-13-14(11)18-9-8-17-13/h1-7,17-18H,8-9H2. The highest BCUT2D eigenvalue weighted by Gasteiger charge is 2.20. The Hall–Kier alpha value is -2.36. The molecule has 4 heteroatoms. The van der Waals surface area contributed by atoms with Crippen molar-refractivity contribution in [2.45, 2.75) is 0 Å². The van der Waals surface area contributed by atoms with Gasteiger partial charge in [-0.3, -0.25) is 4.79 Å². The van der Waals surface area contributed by atoms with E-state index in [9.17, 15) is 9.18 Å². The minimum Gasteiger partial charge on any atom is -0.382 e. The molecule has 0 saturated carbocycles. The number of hydrogen-bond acceptors (Lipinski definition) is 3. The largest absolute Gasteiger partial charge is 0.382 e. The normalized spacial score (nSPS) is 13.1. The molecule has 2 aromatic carbocycles. The Morgan fingerprint density at radius 3 is 2.53 bits per heavy atom. The van der Waals surface area contributed by atoms with Crippen molar-refractivity contribution >= 4 is 17.2 Å². The summed E-state index contributed by atoms with van der Waals surface area (Å²) >= 11 is 0. The van der Waals surface area contributed by atoms with Crippen LogP contribution in [0.3, 0.4) is 0 Å². The van der Waals surface area contributed by atoms with Gasteiger partial charge in [-0.1, -0.05) is 18.2 Å². The molecule has 0 fully saturated rings. The first kappa shape index (κ1) is 11.7. The van der Waals surface area contributed by atoms with E-state index in [1.165, 1.54) is 12.1 Å². The van der Waals surface area contributed by atoms with Gasteiger partial charge in [0.15, 0.2) is 5.78 Å². The number of rotatable bonds is 2. The second-order valence-corrected chi connectivity index (χ2v) is 4.39. The van der Waals surface area contributed by atoms with Crippen molar-refractivity contribution in [2.24, 2.45) is 0 Å². The van der Waals surface area contributed by atoms with Gasteiger partial charge < -0.3 is 10.6 Å². The second-order valence-electron chi connectivity index (χ2n) is 4.39. The molecule has 1 aliphatic heterocycles. The third-order valence-corrected chi connectivity index (χ3v) is 3.17. The molecule has 0 atom stereocenters. The van der Waals surface area contributed by atoms with Crippen LogP contribution in [0.4, 0.5) is 15.8 Å². The summed E-state index contributed by atoms with van der Waals surface area (Å²) in [5, 5.41) is 6.41. The summed E-state index contributed by atoms with van der Waals surface area (Å²) in [7, 11) is 0. The van der Waals surface area contributed by atoms with Gasteiger partial charge in [0.1, 0.15) is 5.82 Å². The summed E-state index contributed by atoms with van der Waals surface area (Å²) < 4.78 is 13.7. The summed E-state index contributed by atoms with van der Waals surface area (Å²) in [5.74, 6) is -0.792. The van der Waals surface area contributed by atoms with Gasteiger partial charge in [0.25, 0.3) is 0 Å². The molecule has 0 saturated heterocycles. The van der Waals surface area contributed by atoms with E-state index in [0.29, 0.717) is 5.56 Å². The number of fused-ring (bicyclic) bond motifs is 1. The van der Waals surface area contributed by atoms with Crippen LogP contribution in [0, 0.1) is 5.82 Å². The molecule has 1 aliphatic rings. The minimum absolute atomic E-state index is 0.100. The van der Waals surface area contributed by atoms with Gasteiger partial charge in [0.05, 0.1) is 16.9 Å². The minimum atomic E-state index is -0.492. The van der Waals surface area contributed by atoms with Crippen LogP contribution >= 0.6 is 0 Å². The molecule has 2 N–H and O–H groups in total. The Labute approximate surface area is 110 Å². The van der Waals surface area contributed by atoms with Crippen molar-refractivity contribution in [2.75, 3.05) is 23.7 Å². The quantitative estimate of drug-likeness (QED) is 0.812. The molecule has 0 aliphatic carbocycles. The lowest BCUT2D eigenvalue weighted by molar-refractivity contribution is 0.103. The van der Waals surface area contributed by atoms with Crippen molar-refractivity contribution < 1.29 is 9.18 Å². The third kappa shape index (κ3) is 2.05. The van der Waals surface area contributed by atoms with Gasteiger partial charge in [-0.15, -0.1) is 0 Å². The lowest BCUT2D eigenvalue weighted by Crippen LogP contribution is -2.22. The Balaban J connectivity index is 2.08. The number of carbonyl (C=O) groups is 1. The number of para-hydroxylation sites is 1. The molecule has 0 aromatic heterocycles. The monoisotopic (exact) mass is 256 g/mol. The molecule has 19 heavy (non-hydrogen) atoms. The maximum Gasteiger partial charge on any atom is 0.198 e. The van der Waals surface area contributed by atoms with Crippen LogP contribution in [0.5, 0.6) is 0 Å². The van der Waals surface area contributed by atoms with Gasteiger partial charge in [0, 0.05) is 18.7 Å². The Bertz CT molecular complexity index is 640. The Morgan fingerprint density at radius 1 is 0.947 bits per heavy atom. The van der Waals surface area contributed by atoms with Crippen LogP contribution in [0.2, 0.25) is 0 Å². The van der Waals surface area contributed by atoms with Crippen molar-refractivity contribution in [1.29, 1.82) is 0 Å². The highest BCUT2D eigenvalue weighted by atomic mass is 19.1. The maximum atomic E-state index is 13.7. The molecule has 0 radical (unpaired) electrons. The molecule has 0 spiro atoms. The summed E-state index contributed by atoms with van der Waals surface area (Å²) in [4.78, 5) is 12.4. The molecule has 1 heterocycles. The van der Waals surface area contributed by atoms with E-state index < -0.39 is 5.82 Å². The van der Waals surface area contributed by atoms with Crippen LogP contribution in [0.25, 0.3) is 0 Å². The number of benzene rings is 2. The molecule has 0 amide bonds. The third-order valence-electron chi connectivity index (χ3n) is 3.17. The summed E-state index contributed by atoms with van der Waals surface area (Å²) in [6.45, 7) is 1.55. The number of nitrogens with one attached hydrogen (secondary N) is 2. The Kier molecular flexibility index (Phi) is 2.91. The first-order valence-electron chi connectivity index (χ1n) is 6.17. The average Bonchev–Trinajstić information content (AvgIpc) is 2.46. The topological polar surface area (TPSA) is 41.1 Å². The molecule has 2 aromatic rings. The summed E-state index contributed by atoms with van der Waals surface area (Å²) in [5.41, 5.74) is 2.23. The highest BCUT2D eigenvalue weighted by Crippen LogP contribution is 2.30. The van der Waals surface area contributed by atoms with Gasteiger partial charge in [-0.25, -0.2) is 4.39 Å². The van der Waals surface area contributed by atoms with Gasteiger partial charge in [-0.2, -0.15) is 0 Å². The first-order valence-corrected chi connectivity index (χ1v) is 6.17. The molecule has 96 valence electrons. The zero-order valence-electron chi connectivity index (χ0n) is 10.2. The lowest BCUT2D eigenvalue weighted by Gasteiger charge is -2.22. The fraction of sp³-hybridized carbons (Fsp3) is 0.133. The molecule has 3 nitrogen and oxygen atoms in total. The summed E-state index contributed by atoms with van der Waals surface area (Å²) in [6.07, 6.45) is 0. The number of ketones is 1. The molecule has 0 bridgehead atoms. The second kappa shape index (κ2) is 4.72. The summed E-state index contributed by atoms with van der Waals surface area (Å²) in [6, 6.07) is 11.5. The Morgan fingerprint density at radius 2 is 1.68 bits per heavy atom. The first-order chi connectivity index (χ1) is 9.27. The van der Waals surface area contributed by atoms with Crippen LogP contribution in [-0.2, 0) is 0 Å². The van der Waals surface area contributed by atoms with Crippen molar-refractivity contribution in [1.82, 2.24) is 0 Å². The number of hydrogen-bond donors (Lipinski definition) is 2. The van der Waals surface area contributed by atoms with Gasteiger partial charge in [-0.05, 0) is 24.3 Å². The van der Waals surface area contributed by atoms with E-state index in [2.05, 4.69) is 10.6 Å². The van der Waals surface area contributed by atoms with Crippen molar-refractivity contribution in [3.05, 3.63) is 59.4 Å². The SMILES string of the molecule is O=C(c1ccccc1F)c1cccc2c1NCCN2. The highest BCUT2D eigenvalue weighted by molar-refractivity contribution is 6.14. The molecule has 3 rings (SSSR count). The number of carbonyl (C=O) groups excluding carboxylic acids is 1. The van der Waals surface area contributed by atoms with E-state index in [1.54, 1.807) is 24.3 Å². The smallest absolute Gasteiger partial charge is 0.198 e. The fourth-order valence-corrected chi connectivity index (χ4v) is 2.25. The maximum absolute atomic E-state index is 13.7. The van der Waals surface area contributed by atoms with E-state index in [-0.39, 0.29) is 11.3 Å². The lowest BCUT2D eigenvalue weighted by atomic mass is 9.99. The van der Waals surface area contributed by atoms with E-state index in [0.717, 1.165) is 24.5 Å². The van der Waals surface area contributed by atoms with Crippen LogP contribution in [0.1, 0.15) is 15.9 Å². The van der Waals surface area contributed by atoms with Crippen molar-refractivity contribution in [3.63, 3.8) is 0 Å². The molecular weight excluding hydrogens is 243 g/mol. The molecule has 0 unspecified atom stereocenters. The zero-order valence-corrected chi connectivity index (χ0v) is 10.2. The van der Waals surface area contributed by atoms with Gasteiger partial charge >= 0.3 is 0 Å². The van der Waals surface area contributed by atoms with E-state index in [4.69, 9.17) is 0 Å². The van der Waals surface area contributed by atoms with Crippen LogP contribution in [0.15, 0.2) is 42.5 Å². The van der Waals surface area contributed by atoms with Gasteiger partial charge in [0.2, 0.25) is 0 Å². The zero-order chi connectivity index (χ0) is 13.2. The predicted molar refractivity (Wildman–Crippen MR) is 73.3 cm³/mol. The van der Waals surface area contributed by atoms with Crippen LogP contribution in [-0.4, -0.2) is 18.9 Å².